The van der Waals surface area contributed by atoms with E-state index in [1.165, 1.54) is 7.11 Å². The van der Waals surface area contributed by atoms with Gasteiger partial charge in [-0.2, -0.15) is 0 Å². The number of nitrogens with two attached hydrogens (primary N) is 1. The molecule has 0 atom stereocenters. The van der Waals surface area contributed by atoms with Crippen LogP contribution in [0.5, 0.6) is 5.75 Å². The van der Waals surface area contributed by atoms with Crippen molar-refractivity contribution in [2.45, 2.75) is 0 Å². The molecule has 5 heteroatoms. The van der Waals surface area contributed by atoms with Crippen LogP contribution < -0.4 is 15.6 Å². The number of hydrazine groups is 1. The standard InChI is InChI=1S/C8H10N2O3/c1-13-7-4-2-6(3-5-7)10(9)8(11)12/h2-5H,9H2,1H3,(H,11,12). The Morgan fingerprint density at radius 2 is 2.00 bits per heavy atom. The molecule has 0 heterocycles. The molecule has 3 N–H and O–H groups in total. The number of anilines is 1. The molecule has 0 aromatic heterocycles. The number of nitrogens with zero attached hydrogens (tertiary/aromatic N) is 1. The van der Waals surface area contributed by atoms with Gasteiger partial charge in [-0.15, -0.1) is 0 Å². The zero-order valence-corrected chi connectivity index (χ0v) is 7.10. The van der Waals surface area contributed by atoms with Crippen LogP contribution in [0.15, 0.2) is 24.3 Å². The number of hydrogen-bond acceptors (Lipinski definition) is 3. The lowest BCUT2D eigenvalue weighted by Gasteiger charge is -2.12. The Balaban J connectivity index is 2.85. The van der Waals surface area contributed by atoms with Crippen molar-refractivity contribution < 1.29 is 14.6 Å². The third kappa shape index (κ3) is 2.09. The highest BCUT2D eigenvalue weighted by atomic mass is 16.5. The van der Waals surface area contributed by atoms with E-state index in [1.54, 1.807) is 24.3 Å². The molecule has 70 valence electrons. The van der Waals surface area contributed by atoms with Crippen molar-refractivity contribution in [3.8, 4) is 5.75 Å². The van der Waals surface area contributed by atoms with Gasteiger partial charge in [0.15, 0.2) is 0 Å². The van der Waals surface area contributed by atoms with Gasteiger partial charge in [0.2, 0.25) is 0 Å². The molecule has 0 saturated carbocycles. The summed E-state index contributed by atoms with van der Waals surface area (Å²) in [4.78, 5) is 10.4. The topological polar surface area (TPSA) is 75.8 Å². The van der Waals surface area contributed by atoms with E-state index < -0.39 is 6.09 Å². The summed E-state index contributed by atoms with van der Waals surface area (Å²) >= 11 is 0. The summed E-state index contributed by atoms with van der Waals surface area (Å²) in [5.41, 5.74) is 0.397. The SMILES string of the molecule is COc1ccc(N(N)C(=O)O)cc1. The number of ether oxygens (including phenoxy) is 1. The molecule has 1 rings (SSSR count). The molecule has 0 spiro atoms. The lowest BCUT2D eigenvalue weighted by molar-refractivity contribution is 0.202. The van der Waals surface area contributed by atoms with Gasteiger partial charge in [0.25, 0.3) is 0 Å². The molecule has 0 radical (unpaired) electrons. The van der Waals surface area contributed by atoms with Crippen molar-refractivity contribution in [1.29, 1.82) is 0 Å². The van der Waals surface area contributed by atoms with E-state index in [1.807, 2.05) is 0 Å². The Morgan fingerprint density at radius 3 is 2.38 bits per heavy atom. The van der Waals surface area contributed by atoms with Gasteiger partial charge in [-0.05, 0) is 24.3 Å². The van der Waals surface area contributed by atoms with E-state index in [4.69, 9.17) is 15.7 Å². The summed E-state index contributed by atoms with van der Waals surface area (Å²) in [7, 11) is 1.53. The number of carbonyl (C=O) groups is 1. The van der Waals surface area contributed by atoms with Crippen molar-refractivity contribution in [2.75, 3.05) is 12.1 Å². The molecule has 1 aromatic rings. The first kappa shape index (κ1) is 9.34. The maximum absolute atomic E-state index is 10.4. The molecule has 13 heavy (non-hydrogen) atoms. The van der Waals surface area contributed by atoms with Crippen molar-refractivity contribution in [3.05, 3.63) is 24.3 Å². The zero-order chi connectivity index (χ0) is 9.84. The monoisotopic (exact) mass is 182 g/mol. The molecule has 0 aliphatic rings. The predicted octanol–water partition coefficient (Wildman–Crippen LogP) is 1.05. The van der Waals surface area contributed by atoms with Crippen molar-refractivity contribution in [2.24, 2.45) is 5.84 Å². The average molecular weight is 182 g/mol. The second kappa shape index (κ2) is 3.77. The summed E-state index contributed by atoms with van der Waals surface area (Å²) in [5, 5.41) is 9.17. The van der Waals surface area contributed by atoms with E-state index in [9.17, 15) is 4.79 Å². The number of hydrogen-bond donors (Lipinski definition) is 2. The third-order valence-electron chi connectivity index (χ3n) is 1.56. The minimum atomic E-state index is -1.20. The Kier molecular flexibility index (Phi) is 2.71. The van der Waals surface area contributed by atoms with E-state index in [0.717, 1.165) is 0 Å². The quantitative estimate of drug-likeness (QED) is 0.407. The largest absolute Gasteiger partial charge is 0.497 e. The molecule has 1 aromatic carbocycles. The number of amides is 1. The highest BCUT2D eigenvalue weighted by Gasteiger charge is 2.08. The van der Waals surface area contributed by atoms with E-state index >= 15 is 0 Å². The Morgan fingerprint density at radius 1 is 1.46 bits per heavy atom. The van der Waals surface area contributed by atoms with Crippen LogP contribution in [0.2, 0.25) is 0 Å². The van der Waals surface area contributed by atoms with Gasteiger partial charge in [0, 0.05) is 0 Å². The fourth-order valence-corrected chi connectivity index (χ4v) is 0.853. The van der Waals surface area contributed by atoms with Gasteiger partial charge < -0.3 is 9.84 Å². The maximum Gasteiger partial charge on any atom is 0.426 e. The zero-order valence-electron chi connectivity index (χ0n) is 7.10. The van der Waals surface area contributed by atoms with Crippen LogP contribution in [-0.4, -0.2) is 18.3 Å². The van der Waals surface area contributed by atoms with Crippen LogP contribution >= 0.6 is 0 Å². The fraction of sp³-hybridized carbons (Fsp3) is 0.125. The highest BCUT2D eigenvalue weighted by Crippen LogP contribution is 2.16. The second-order valence-corrected chi connectivity index (χ2v) is 2.35. The smallest absolute Gasteiger partial charge is 0.426 e. The number of methoxy groups -OCH3 is 1. The number of benzene rings is 1. The average Bonchev–Trinajstić information content (AvgIpc) is 2.17. The number of rotatable bonds is 2. The third-order valence-corrected chi connectivity index (χ3v) is 1.56. The summed E-state index contributed by atoms with van der Waals surface area (Å²) in [6, 6.07) is 6.40. The van der Waals surface area contributed by atoms with Crippen LogP contribution in [0.1, 0.15) is 0 Å². The normalized spacial score (nSPS) is 9.38. The Bertz CT molecular complexity index is 297. The highest BCUT2D eigenvalue weighted by molar-refractivity contribution is 5.84. The lowest BCUT2D eigenvalue weighted by atomic mass is 10.3. The summed E-state index contributed by atoms with van der Waals surface area (Å²) in [5.74, 6) is 5.88. The molecule has 1 amide bonds. The maximum atomic E-state index is 10.4. The molecule has 0 saturated heterocycles. The summed E-state index contributed by atoms with van der Waals surface area (Å²) < 4.78 is 4.90. The van der Waals surface area contributed by atoms with Gasteiger partial charge >= 0.3 is 6.09 Å². The lowest BCUT2D eigenvalue weighted by Crippen LogP contribution is -2.35. The predicted molar refractivity (Wildman–Crippen MR) is 47.7 cm³/mol. The van der Waals surface area contributed by atoms with Crippen LogP contribution in [0.4, 0.5) is 10.5 Å². The van der Waals surface area contributed by atoms with E-state index in [2.05, 4.69) is 0 Å². The molecule has 0 aliphatic carbocycles. The molecule has 0 unspecified atom stereocenters. The van der Waals surface area contributed by atoms with Crippen LogP contribution in [0, 0.1) is 0 Å². The molecular formula is C8H10N2O3. The van der Waals surface area contributed by atoms with Crippen molar-refractivity contribution >= 4 is 11.8 Å². The van der Waals surface area contributed by atoms with Gasteiger partial charge in [-0.1, -0.05) is 0 Å². The minimum absolute atomic E-state index is 0.397. The molecule has 0 fully saturated rings. The molecular weight excluding hydrogens is 172 g/mol. The van der Waals surface area contributed by atoms with E-state index in [-0.39, 0.29) is 0 Å². The first-order chi connectivity index (χ1) is 6.15. The van der Waals surface area contributed by atoms with Gasteiger partial charge in [0.1, 0.15) is 5.75 Å². The number of carboxylic acid groups (broad SMARTS) is 1. The molecule has 0 bridgehead atoms. The van der Waals surface area contributed by atoms with Crippen LogP contribution in [0.25, 0.3) is 0 Å². The molecule has 5 nitrogen and oxygen atoms in total. The Hall–Kier alpha value is -1.75. The Labute approximate surface area is 75.3 Å². The summed E-state index contributed by atoms with van der Waals surface area (Å²) in [6.45, 7) is 0. The van der Waals surface area contributed by atoms with Gasteiger partial charge in [-0.3, -0.25) is 0 Å². The first-order valence-corrected chi connectivity index (χ1v) is 3.57. The van der Waals surface area contributed by atoms with E-state index in [0.29, 0.717) is 16.4 Å². The van der Waals surface area contributed by atoms with Gasteiger partial charge in [0.05, 0.1) is 12.8 Å². The summed E-state index contributed by atoms with van der Waals surface area (Å²) in [6.07, 6.45) is -1.20. The van der Waals surface area contributed by atoms with Crippen molar-refractivity contribution in [1.82, 2.24) is 0 Å². The first-order valence-electron chi connectivity index (χ1n) is 3.57. The minimum Gasteiger partial charge on any atom is -0.497 e. The van der Waals surface area contributed by atoms with Crippen LogP contribution in [0.3, 0.4) is 0 Å². The van der Waals surface area contributed by atoms with Crippen LogP contribution in [-0.2, 0) is 0 Å². The second-order valence-electron chi connectivity index (χ2n) is 2.35. The van der Waals surface area contributed by atoms with Gasteiger partial charge in [-0.25, -0.2) is 15.6 Å². The molecule has 0 aliphatic heterocycles. The van der Waals surface area contributed by atoms with Crippen molar-refractivity contribution in [3.63, 3.8) is 0 Å². The fourth-order valence-electron chi connectivity index (χ4n) is 0.853.